The lowest BCUT2D eigenvalue weighted by atomic mass is 9.86. The van der Waals surface area contributed by atoms with Gasteiger partial charge in [0.2, 0.25) is 5.91 Å². The fraction of sp³-hybridized carbons (Fsp3) is 0.600. The Morgan fingerprint density at radius 1 is 1.00 bits per heavy atom. The van der Waals surface area contributed by atoms with Crippen LogP contribution in [-0.2, 0) is 4.79 Å². The number of aromatic nitrogens is 1. The Morgan fingerprint density at radius 3 is 2.26 bits per heavy atom. The summed E-state index contributed by atoms with van der Waals surface area (Å²) >= 11 is 0. The zero-order chi connectivity index (χ0) is 19.2. The highest BCUT2D eigenvalue weighted by Gasteiger charge is 2.25. The number of carbonyl (C=O) groups is 3. The fourth-order valence-corrected chi connectivity index (χ4v) is 3.95. The summed E-state index contributed by atoms with van der Waals surface area (Å²) in [6.45, 7) is 2.09. The van der Waals surface area contributed by atoms with Crippen LogP contribution in [-0.4, -0.2) is 63.9 Å². The molecule has 0 spiro atoms. The third-order valence-electron chi connectivity index (χ3n) is 5.64. The van der Waals surface area contributed by atoms with E-state index >= 15 is 0 Å². The average molecular weight is 373 g/mol. The molecule has 146 valence electrons. The van der Waals surface area contributed by atoms with Crippen molar-refractivity contribution < 1.29 is 19.5 Å². The molecular weight excluding hydrogens is 346 g/mol. The summed E-state index contributed by atoms with van der Waals surface area (Å²) in [6, 6.07) is 2.82. The number of aromatic carboxylic acids is 1. The Bertz CT molecular complexity index is 675. The summed E-state index contributed by atoms with van der Waals surface area (Å²) in [5, 5.41) is 8.88. The largest absolute Gasteiger partial charge is 0.477 e. The van der Waals surface area contributed by atoms with E-state index in [4.69, 9.17) is 5.11 Å². The molecule has 3 rings (SSSR count). The molecule has 1 aromatic heterocycles. The molecule has 1 aliphatic carbocycles. The van der Waals surface area contributed by atoms with Gasteiger partial charge < -0.3 is 14.9 Å². The molecule has 2 heterocycles. The van der Waals surface area contributed by atoms with E-state index in [-0.39, 0.29) is 17.5 Å². The van der Waals surface area contributed by atoms with Gasteiger partial charge in [0.1, 0.15) is 5.69 Å². The normalized spacial score (nSPS) is 18.4. The van der Waals surface area contributed by atoms with Gasteiger partial charge in [0, 0.05) is 38.8 Å². The highest BCUT2D eigenvalue weighted by atomic mass is 16.4. The van der Waals surface area contributed by atoms with Crippen LogP contribution in [0.4, 0.5) is 0 Å². The minimum atomic E-state index is -1.12. The lowest BCUT2D eigenvalue weighted by molar-refractivity contribution is -0.133. The molecule has 1 aromatic rings. The molecule has 0 radical (unpaired) electrons. The Morgan fingerprint density at radius 2 is 1.67 bits per heavy atom. The van der Waals surface area contributed by atoms with Crippen molar-refractivity contribution in [3.63, 3.8) is 0 Å². The number of piperazine rings is 1. The number of amides is 2. The molecule has 27 heavy (non-hydrogen) atoms. The van der Waals surface area contributed by atoms with Crippen molar-refractivity contribution in [2.24, 2.45) is 5.92 Å². The standard InChI is InChI=1S/C20H27N3O4/c24-18(9-6-15-4-2-1-3-5-15)22-10-12-23(13-11-22)19(25)16-7-8-17(20(26)27)21-14-16/h7-8,14-15H,1-6,9-13H2,(H,26,27). The lowest BCUT2D eigenvalue weighted by Gasteiger charge is -2.35. The van der Waals surface area contributed by atoms with Gasteiger partial charge in [0.25, 0.3) is 5.91 Å². The van der Waals surface area contributed by atoms with Gasteiger partial charge in [-0.2, -0.15) is 0 Å². The Hall–Kier alpha value is -2.44. The number of carboxylic acids is 1. The quantitative estimate of drug-likeness (QED) is 0.856. The van der Waals surface area contributed by atoms with Crippen molar-refractivity contribution in [1.29, 1.82) is 0 Å². The van der Waals surface area contributed by atoms with Gasteiger partial charge in [-0.1, -0.05) is 32.1 Å². The van der Waals surface area contributed by atoms with Crippen molar-refractivity contribution in [2.45, 2.75) is 44.9 Å². The van der Waals surface area contributed by atoms with E-state index in [0.717, 1.165) is 6.42 Å². The first-order valence-electron chi connectivity index (χ1n) is 9.81. The molecule has 1 N–H and O–H groups in total. The minimum Gasteiger partial charge on any atom is -0.477 e. The molecule has 2 fully saturated rings. The predicted molar refractivity (Wildman–Crippen MR) is 99.5 cm³/mol. The number of hydrogen-bond donors (Lipinski definition) is 1. The van der Waals surface area contributed by atoms with Crippen LogP contribution in [0.25, 0.3) is 0 Å². The number of hydrogen-bond acceptors (Lipinski definition) is 4. The Labute approximate surface area is 159 Å². The third kappa shape index (κ3) is 5.05. The maximum absolute atomic E-state index is 12.5. The van der Waals surface area contributed by atoms with Crippen LogP contribution < -0.4 is 0 Å². The molecule has 2 amide bonds. The van der Waals surface area contributed by atoms with E-state index in [9.17, 15) is 14.4 Å². The van der Waals surface area contributed by atoms with Gasteiger partial charge in [0.15, 0.2) is 0 Å². The number of carboxylic acid groups (broad SMARTS) is 1. The van der Waals surface area contributed by atoms with Crippen LogP contribution in [0.1, 0.15) is 65.8 Å². The lowest BCUT2D eigenvalue weighted by Crippen LogP contribution is -2.50. The summed E-state index contributed by atoms with van der Waals surface area (Å²) < 4.78 is 0. The van der Waals surface area contributed by atoms with E-state index in [1.165, 1.54) is 50.4 Å². The topological polar surface area (TPSA) is 90.8 Å². The van der Waals surface area contributed by atoms with Crippen LogP contribution in [0, 0.1) is 5.92 Å². The molecule has 1 saturated carbocycles. The van der Waals surface area contributed by atoms with E-state index in [2.05, 4.69) is 4.98 Å². The molecule has 0 bridgehead atoms. The minimum absolute atomic E-state index is 0.0834. The van der Waals surface area contributed by atoms with Crippen molar-refractivity contribution in [3.05, 3.63) is 29.6 Å². The summed E-state index contributed by atoms with van der Waals surface area (Å²) in [7, 11) is 0. The smallest absolute Gasteiger partial charge is 0.354 e. The second-order valence-corrected chi connectivity index (χ2v) is 7.45. The van der Waals surface area contributed by atoms with Crippen LogP contribution in [0.5, 0.6) is 0 Å². The summed E-state index contributed by atoms with van der Waals surface area (Å²) in [6.07, 6.45) is 9.32. The van der Waals surface area contributed by atoms with Gasteiger partial charge in [0.05, 0.1) is 5.56 Å². The summed E-state index contributed by atoms with van der Waals surface area (Å²) in [5.74, 6) is -0.393. The molecule has 7 heteroatoms. The second kappa shape index (κ2) is 8.97. The monoisotopic (exact) mass is 373 g/mol. The molecule has 0 atom stereocenters. The van der Waals surface area contributed by atoms with Crippen molar-refractivity contribution in [1.82, 2.24) is 14.8 Å². The van der Waals surface area contributed by atoms with Gasteiger partial charge >= 0.3 is 5.97 Å². The molecule has 1 aliphatic heterocycles. The summed E-state index contributed by atoms with van der Waals surface area (Å²) in [4.78, 5) is 43.2. The molecule has 0 unspecified atom stereocenters. The molecule has 0 aromatic carbocycles. The SMILES string of the molecule is O=C(O)c1ccc(C(=O)N2CCN(C(=O)CCC3CCCCC3)CC2)cn1. The van der Waals surface area contributed by atoms with Gasteiger partial charge in [-0.3, -0.25) is 9.59 Å². The van der Waals surface area contributed by atoms with Crippen LogP contribution in [0.2, 0.25) is 0 Å². The van der Waals surface area contributed by atoms with Crippen LogP contribution in [0.15, 0.2) is 18.3 Å². The molecule has 2 aliphatic rings. The van der Waals surface area contributed by atoms with Crippen LogP contribution in [0.3, 0.4) is 0 Å². The highest BCUT2D eigenvalue weighted by molar-refractivity contribution is 5.95. The Balaban J connectivity index is 1.45. The summed E-state index contributed by atoms with van der Waals surface area (Å²) in [5.41, 5.74) is 0.289. The van der Waals surface area contributed by atoms with Gasteiger partial charge in [-0.15, -0.1) is 0 Å². The van der Waals surface area contributed by atoms with Gasteiger partial charge in [-0.25, -0.2) is 9.78 Å². The first kappa shape index (κ1) is 19.3. The van der Waals surface area contributed by atoms with Crippen molar-refractivity contribution >= 4 is 17.8 Å². The number of nitrogens with zero attached hydrogens (tertiary/aromatic N) is 3. The van der Waals surface area contributed by atoms with Gasteiger partial charge in [-0.05, 0) is 24.5 Å². The van der Waals surface area contributed by atoms with Crippen molar-refractivity contribution in [2.75, 3.05) is 26.2 Å². The fourth-order valence-electron chi connectivity index (χ4n) is 3.95. The average Bonchev–Trinajstić information content (AvgIpc) is 2.72. The number of pyridine rings is 1. The molecule has 7 nitrogen and oxygen atoms in total. The van der Waals surface area contributed by atoms with Crippen LogP contribution >= 0.6 is 0 Å². The zero-order valence-corrected chi connectivity index (χ0v) is 15.6. The first-order valence-corrected chi connectivity index (χ1v) is 9.81. The zero-order valence-electron chi connectivity index (χ0n) is 15.6. The third-order valence-corrected chi connectivity index (χ3v) is 5.64. The molecular formula is C20H27N3O4. The van der Waals surface area contributed by atoms with E-state index in [1.54, 1.807) is 4.90 Å². The second-order valence-electron chi connectivity index (χ2n) is 7.45. The maximum atomic E-state index is 12.5. The van der Waals surface area contributed by atoms with E-state index < -0.39 is 5.97 Å². The van der Waals surface area contributed by atoms with Crippen molar-refractivity contribution in [3.8, 4) is 0 Å². The number of carbonyl (C=O) groups excluding carboxylic acids is 2. The molecule has 1 saturated heterocycles. The van der Waals surface area contributed by atoms with E-state index in [0.29, 0.717) is 44.1 Å². The predicted octanol–water partition coefficient (Wildman–Crippen LogP) is 2.42. The highest BCUT2D eigenvalue weighted by Crippen LogP contribution is 2.27. The Kier molecular flexibility index (Phi) is 6.42. The van der Waals surface area contributed by atoms with E-state index in [1.807, 2.05) is 4.90 Å². The first-order chi connectivity index (χ1) is 13.0. The number of rotatable bonds is 5. The maximum Gasteiger partial charge on any atom is 0.354 e.